The Hall–Kier alpha value is -3.25. The monoisotopic (exact) mass is 403 g/mol. The highest BCUT2D eigenvalue weighted by molar-refractivity contribution is 7.99. The van der Waals surface area contributed by atoms with E-state index in [0.717, 1.165) is 27.6 Å². The van der Waals surface area contributed by atoms with Crippen molar-refractivity contribution >= 4 is 11.8 Å². The normalized spacial score (nSPS) is 10.7. The van der Waals surface area contributed by atoms with Crippen molar-refractivity contribution in [3.8, 4) is 28.4 Å². The number of aromatic nitrogens is 3. The predicted molar refractivity (Wildman–Crippen MR) is 115 cm³/mol. The lowest BCUT2D eigenvalue weighted by Crippen LogP contribution is -1.99. The molecular formula is C23H21N3O2S. The van der Waals surface area contributed by atoms with Gasteiger partial charge in [0.1, 0.15) is 22.9 Å². The van der Waals surface area contributed by atoms with Crippen LogP contribution >= 0.6 is 11.8 Å². The highest BCUT2D eigenvalue weighted by Crippen LogP contribution is 2.36. The molecule has 0 spiro atoms. The molecule has 0 fully saturated rings. The van der Waals surface area contributed by atoms with Crippen LogP contribution in [0.1, 0.15) is 5.56 Å². The second-order valence-corrected chi connectivity index (χ2v) is 7.61. The highest BCUT2D eigenvalue weighted by Gasteiger charge is 2.14. The van der Waals surface area contributed by atoms with Crippen LogP contribution in [0.5, 0.6) is 11.5 Å². The zero-order chi connectivity index (χ0) is 20.2. The Bertz CT molecular complexity index is 1120. The summed E-state index contributed by atoms with van der Waals surface area (Å²) in [5, 5.41) is 8.74. The maximum atomic E-state index is 5.48. The van der Waals surface area contributed by atoms with E-state index in [1.165, 1.54) is 10.5 Å². The van der Waals surface area contributed by atoms with E-state index in [0.29, 0.717) is 5.75 Å². The molecule has 6 heteroatoms. The second kappa shape index (κ2) is 8.41. The van der Waals surface area contributed by atoms with Gasteiger partial charge >= 0.3 is 0 Å². The zero-order valence-corrected chi connectivity index (χ0v) is 17.3. The van der Waals surface area contributed by atoms with E-state index in [2.05, 4.69) is 53.6 Å². The highest BCUT2D eigenvalue weighted by atomic mass is 32.2. The van der Waals surface area contributed by atoms with Gasteiger partial charge in [-0.2, -0.15) is 0 Å². The van der Waals surface area contributed by atoms with Crippen molar-refractivity contribution in [3.63, 3.8) is 0 Å². The van der Waals surface area contributed by atoms with Crippen molar-refractivity contribution in [2.75, 3.05) is 14.2 Å². The first kappa shape index (κ1) is 19.1. The van der Waals surface area contributed by atoms with Crippen molar-refractivity contribution in [2.45, 2.75) is 16.7 Å². The molecule has 4 rings (SSSR count). The average Bonchev–Trinajstić information content (AvgIpc) is 3.25. The van der Waals surface area contributed by atoms with E-state index in [1.54, 1.807) is 30.7 Å². The second-order valence-electron chi connectivity index (χ2n) is 6.50. The van der Waals surface area contributed by atoms with Crippen LogP contribution in [-0.4, -0.2) is 29.2 Å². The van der Waals surface area contributed by atoms with E-state index < -0.39 is 0 Å². The van der Waals surface area contributed by atoms with Gasteiger partial charge in [-0.25, -0.2) is 4.68 Å². The minimum Gasteiger partial charge on any atom is -0.497 e. The van der Waals surface area contributed by atoms with Gasteiger partial charge in [-0.3, -0.25) is 0 Å². The number of benzene rings is 3. The van der Waals surface area contributed by atoms with Crippen LogP contribution in [0.3, 0.4) is 0 Å². The first-order valence-electron chi connectivity index (χ1n) is 9.16. The smallest absolute Gasteiger partial charge is 0.144 e. The average molecular weight is 404 g/mol. The van der Waals surface area contributed by atoms with Gasteiger partial charge in [-0.15, -0.1) is 5.10 Å². The lowest BCUT2D eigenvalue weighted by molar-refractivity contribution is 0.400. The lowest BCUT2D eigenvalue weighted by Gasteiger charge is -2.09. The largest absolute Gasteiger partial charge is 0.497 e. The minimum absolute atomic E-state index is 0.699. The molecule has 0 bridgehead atoms. The van der Waals surface area contributed by atoms with Crippen LogP contribution in [0, 0.1) is 6.92 Å². The van der Waals surface area contributed by atoms with E-state index in [9.17, 15) is 0 Å². The zero-order valence-electron chi connectivity index (χ0n) is 16.5. The van der Waals surface area contributed by atoms with E-state index in [1.807, 2.05) is 36.5 Å². The quantitative estimate of drug-likeness (QED) is 0.431. The third kappa shape index (κ3) is 4.12. The summed E-state index contributed by atoms with van der Waals surface area (Å²) in [5.41, 5.74) is 3.85. The standard InChI is InChI=1S/C23H21N3O2S/c1-16-8-11-18(12-9-16)29-23-7-5-4-6-19(23)20-15-26(25-24-20)21-14-17(27-2)10-13-22(21)28-3/h4-15H,1-3H3. The molecule has 0 unspecified atom stereocenters. The molecular weight excluding hydrogens is 382 g/mol. The number of methoxy groups -OCH3 is 2. The summed E-state index contributed by atoms with van der Waals surface area (Å²) in [6.45, 7) is 2.09. The Kier molecular flexibility index (Phi) is 5.53. The fraction of sp³-hybridized carbons (Fsp3) is 0.130. The molecule has 0 atom stereocenters. The SMILES string of the molecule is COc1ccc(OC)c(-n2cc(-c3ccccc3Sc3ccc(C)cc3)nn2)c1. The van der Waals surface area contributed by atoms with Crippen LogP contribution in [0.2, 0.25) is 0 Å². The fourth-order valence-corrected chi connectivity index (χ4v) is 3.94. The molecule has 0 aliphatic carbocycles. The molecule has 29 heavy (non-hydrogen) atoms. The molecule has 0 aliphatic heterocycles. The van der Waals surface area contributed by atoms with Crippen molar-refractivity contribution in [1.29, 1.82) is 0 Å². The minimum atomic E-state index is 0.699. The molecule has 0 N–H and O–H groups in total. The van der Waals surface area contributed by atoms with Crippen LogP contribution < -0.4 is 9.47 Å². The van der Waals surface area contributed by atoms with Gasteiger partial charge in [0, 0.05) is 21.4 Å². The van der Waals surface area contributed by atoms with Crippen LogP contribution in [0.15, 0.2) is 82.7 Å². The maximum Gasteiger partial charge on any atom is 0.144 e. The Morgan fingerprint density at radius 1 is 0.897 bits per heavy atom. The number of nitrogens with zero attached hydrogens (tertiary/aromatic N) is 3. The number of ether oxygens (including phenoxy) is 2. The number of rotatable bonds is 6. The first-order valence-corrected chi connectivity index (χ1v) is 9.98. The number of hydrogen-bond acceptors (Lipinski definition) is 5. The van der Waals surface area contributed by atoms with Crippen molar-refractivity contribution in [3.05, 3.63) is 78.5 Å². The Labute approximate surface area is 174 Å². The molecule has 3 aromatic carbocycles. The van der Waals surface area contributed by atoms with Gasteiger partial charge in [-0.05, 0) is 37.3 Å². The van der Waals surface area contributed by atoms with Gasteiger partial charge in [0.25, 0.3) is 0 Å². The van der Waals surface area contributed by atoms with Crippen LogP contribution in [0.4, 0.5) is 0 Å². The molecule has 1 aromatic heterocycles. The Morgan fingerprint density at radius 2 is 1.69 bits per heavy atom. The molecule has 4 aromatic rings. The van der Waals surface area contributed by atoms with Crippen molar-refractivity contribution in [2.24, 2.45) is 0 Å². The van der Waals surface area contributed by atoms with E-state index >= 15 is 0 Å². The maximum absolute atomic E-state index is 5.48. The van der Waals surface area contributed by atoms with Gasteiger partial charge in [0.2, 0.25) is 0 Å². The molecule has 5 nitrogen and oxygen atoms in total. The molecule has 1 heterocycles. The summed E-state index contributed by atoms with van der Waals surface area (Å²) < 4.78 is 12.5. The van der Waals surface area contributed by atoms with Crippen LogP contribution in [-0.2, 0) is 0 Å². The van der Waals surface area contributed by atoms with E-state index in [-0.39, 0.29) is 0 Å². The van der Waals surface area contributed by atoms with Gasteiger partial charge in [-0.1, -0.05) is 52.9 Å². The van der Waals surface area contributed by atoms with Crippen molar-refractivity contribution in [1.82, 2.24) is 15.0 Å². The summed E-state index contributed by atoms with van der Waals surface area (Å²) in [5.74, 6) is 1.43. The number of hydrogen-bond donors (Lipinski definition) is 0. The predicted octanol–water partition coefficient (Wildman–Crippen LogP) is 5.41. The molecule has 0 amide bonds. The summed E-state index contributed by atoms with van der Waals surface area (Å²) in [4.78, 5) is 2.31. The Balaban J connectivity index is 1.70. The van der Waals surface area contributed by atoms with Crippen LogP contribution in [0.25, 0.3) is 16.9 Å². The molecule has 0 radical (unpaired) electrons. The lowest BCUT2D eigenvalue weighted by atomic mass is 10.2. The third-order valence-corrected chi connectivity index (χ3v) is 5.62. The van der Waals surface area contributed by atoms with E-state index in [4.69, 9.17) is 9.47 Å². The topological polar surface area (TPSA) is 49.2 Å². The van der Waals surface area contributed by atoms with Crippen molar-refractivity contribution < 1.29 is 9.47 Å². The summed E-state index contributed by atoms with van der Waals surface area (Å²) in [6.07, 6.45) is 1.91. The summed E-state index contributed by atoms with van der Waals surface area (Å²) in [6, 6.07) is 22.3. The molecule has 0 saturated carbocycles. The summed E-state index contributed by atoms with van der Waals surface area (Å²) in [7, 11) is 3.27. The van der Waals surface area contributed by atoms with Gasteiger partial charge in [0.05, 0.1) is 20.4 Å². The summed E-state index contributed by atoms with van der Waals surface area (Å²) >= 11 is 1.71. The molecule has 146 valence electrons. The third-order valence-electron chi connectivity index (χ3n) is 4.54. The van der Waals surface area contributed by atoms with Gasteiger partial charge < -0.3 is 9.47 Å². The first-order chi connectivity index (χ1) is 14.2. The fourth-order valence-electron chi connectivity index (χ4n) is 2.98. The molecule has 0 aliphatic rings. The Morgan fingerprint density at radius 3 is 2.45 bits per heavy atom. The molecule has 0 saturated heterocycles. The van der Waals surface area contributed by atoms with Gasteiger partial charge in [0.15, 0.2) is 0 Å². The number of aryl methyl sites for hydroxylation is 1.